The lowest BCUT2D eigenvalue weighted by molar-refractivity contribution is -0.386. The molecule has 12 nitrogen and oxygen atoms in total. The van der Waals surface area contributed by atoms with Crippen LogP contribution < -0.4 is 0 Å². The van der Waals surface area contributed by atoms with Crippen molar-refractivity contribution >= 4 is 0 Å². The third kappa shape index (κ3) is 3.85. The highest BCUT2D eigenvalue weighted by Crippen LogP contribution is 2.33. The third-order valence-electron chi connectivity index (χ3n) is 4.03. The zero-order valence-electron chi connectivity index (χ0n) is 12.4. The molecule has 1 heterocycles. The molecule has 0 bridgehead atoms. The summed E-state index contributed by atoms with van der Waals surface area (Å²) in [4.78, 5) is 0. The smallest absolute Gasteiger partial charge is 0.224 e. The number of hydrogen-bond donors (Lipinski definition) is 11. The van der Waals surface area contributed by atoms with Crippen LogP contribution in [0.15, 0.2) is 0 Å². The quantitative estimate of drug-likeness (QED) is 0.203. The van der Waals surface area contributed by atoms with Gasteiger partial charge in [-0.1, -0.05) is 0 Å². The van der Waals surface area contributed by atoms with E-state index in [0.29, 0.717) is 0 Å². The molecular weight excluding hydrogens is 336 g/mol. The highest BCUT2D eigenvalue weighted by Gasteiger charge is 2.59. The zero-order valence-corrected chi connectivity index (χ0v) is 12.4. The monoisotopic (exact) mass is 360 g/mol. The van der Waals surface area contributed by atoms with Crippen molar-refractivity contribution in [3.8, 4) is 0 Å². The van der Waals surface area contributed by atoms with Gasteiger partial charge in [0.25, 0.3) is 0 Å². The van der Waals surface area contributed by atoms with Crippen LogP contribution in [-0.4, -0.2) is 130 Å². The summed E-state index contributed by atoms with van der Waals surface area (Å²) in [6.07, 6.45) is -19.2. The molecule has 24 heavy (non-hydrogen) atoms. The van der Waals surface area contributed by atoms with Gasteiger partial charge in [-0.25, -0.2) is 0 Å². The summed E-state index contributed by atoms with van der Waals surface area (Å²) in [6, 6.07) is 0. The number of ether oxygens (including phenoxy) is 1. The maximum Gasteiger partial charge on any atom is 0.224 e. The lowest BCUT2D eigenvalue weighted by atomic mass is 9.85. The molecule has 0 aliphatic carbocycles. The minimum absolute atomic E-state index is 0.926. The molecule has 1 fully saturated rings. The highest BCUT2D eigenvalue weighted by atomic mass is 16.7. The van der Waals surface area contributed by atoms with E-state index in [-0.39, 0.29) is 0 Å². The summed E-state index contributed by atoms with van der Waals surface area (Å²) in [5, 5.41) is 105. The maximum absolute atomic E-state index is 10.2. The standard InChI is InChI=1S/C12H24O12/c13-1-3(15)5(16)7(18)9(20)11(22)12(23)10(21)8(19)6(17)4(2-14)24-12/h3-11,13-23H,1-2H2/t3-,4+,5+,6+,7+,8-,9-,10+,11?,12?/m0/s1. The molecular formula is C12H24O12. The zero-order chi connectivity index (χ0) is 18.8. The molecule has 0 aromatic carbocycles. The second-order valence-corrected chi connectivity index (χ2v) is 5.68. The predicted molar refractivity (Wildman–Crippen MR) is 72.0 cm³/mol. The van der Waals surface area contributed by atoms with E-state index in [1.54, 1.807) is 0 Å². The molecule has 0 saturated carbocycles. The first-order chi connectivity index (χ1) is 11.0. The lowest BCUT2D eigenvalue weighted by Gasteiger charge is -2.48. The van der Waals surface area contributed by atoms with E-state index in [4.69, 9.17) is 14.9 Å². The van der Waals surface area contributed by atoms with Crippen molar-refractivity contribution < 1.29 is 60.9 Å². The summed E-state index contributed by atoms with van der Waals surface area (Å²) in [6.45, 7) is -1.91. The summed E-state index contributed by atoms with van der Waals surface area (Å²) < 4.78 is 4.75. The molecule has 1 saturated heterocycles. The van der Waals surface area contributed by atoms with Gasteiger partial charge in [0.1, 0.15) is 54.9 Å². The normalized spacial score (nSPS) is 40.6. The molecule has 2 unspecified atom stereocenters. The molecule has 12 heteroatoms. The fraction of sp³-hybridized carbons (Fsp3) is 1.00. The Balaban J connectivity index is 2.99. The first-order valence-corrected chi connectivity index (χ1v) is 7.09. The van der Waals surface area contributed by atoms with Gasteiger partial charge in [0.15, 0.2) is 0 Å². The maximum atomic E-state index is 10.2. The van der Waals surface area contributed by atoms with E-state index in [1.807, 2.05) is 0 Å². The number of aliphatic hydroxyl groups excluding tert-OH is 10. The average molecular weight is 360 g/mol. The first kappa shape index (κ1) is 21.6. The molecule has 11 N–H and O–H groups in total. The molecule has 1 rings (SSSR count). The van der Waals surface area contributed by atoms with Crippen molar-refractivity contribution in [2.75, 3.05) is 13.2 Å². The fourth-order valence-electron chi connectivity index (χ4n) is 2.39. The minimum atomic E-state index is -3.13. The molecule has 1 aliphatic heterocycles. The second kappa shape index (κ2) is 8.27. The number of aliphatic hydroxyl groups is 11. The Labute approximate surface area is 136 Å². The molecule has 1 aliphatic rings. The summed E-state index contributed by atoms with van der Waals surface area (Å²) in [5.41, 5.74) is 0. The van der Waals surface area contributed by atoms with Gasteiger partial charge in [-0.2, -0.15) is 0 Å². The Bertz CT molecular complexity index is 394. The topological polar surface area (TPSA) is 232 Å². The van der Waals surface area contributed by atoms with Crippen LogP contribution in [0, 0.1) is 0 Å². The minimum Gasteiger partial charge on any atom is -0.394 e. The van der Waals surface area contributed by atoms with Crippen molar-refractivity contribution in [3.05, 3.63) is 0 Å². The molecule has 0 aromatic rings. The van der Waals surface area contributed by atoms with Crippen molar-refractivity contribution in [2.24, 2.45) is 0 Å². The Morgan fingerprint density at radius 2 is 1.38 bits per heavy atom. The molecule has 0 aromatic heterocycles. The lowest BCUT2D eigenvalue weighted by Crippen LogP contribution is -2.72. The first-order valence-electron chi connectivity index (χ1n) is 7.09. The summed E-state index contributed by atoms with van der Waals surface area (Å²) >= 11 is 0. The Morgan fingerprint density at radius 1 is 0.833 bits per heavy atom. The molecule has 144 valence electrons. The summed E-state index contributed by atoms with van der Waals surface area (Å²) in [5.74, 6) is -3.13. The van der Waals surface area contributed by atoms with Crippen LogP contribution in [-0.2, 0) is 4.74 Å². The molecule has 0 spiro atoms. The number of hydrogen-bond acceptors (Lipinski definition) is 12. The van der Waals surface area contributed by atoms with Crippen molar-refractivity contribution in [2.45, 2.75) is 60.7 Å². The van der Waals surface area contributed by atoms with E-state index in [2.05, 4.69) is 0 Å². The van der Waals surface area contributed by atoms with Gasteiger partial charge >= 0.3 is 0 Å². The Morgan fingerprint density at radius 3 is 1.83 bits per heavy atom. The highest BCUT2D eigenvalue weighted by molar-refractivity contribution is 5.02. The fourth-order valence-corrected chi connectivity index (χ4v) is 2.39. The van der Waals surface area contributed by atoms with E-state index < -0.39 is 73.9 Å². The van der Waals surface area contributed by atoms with E-state index in [0.717, 1.165) is 0 Å². The van der Waals surface area contributed by atoms with Crippen LogP contribution >= 0.6 is 0 Å². The summed E-state index contributed by atoms with van der Waals surface area (Å²) in [7, 11) is 0. The van der Waals surface area contributed by atoms with Crippen molar-refractivity contribution in [1.82, 2.24) is 0 Å². The van der Waals surface area contributed by atoms with Crippen molar-refractivity contribution in [1.29, 1.82) is 0 Å². The number of rotatable bonds is 7. The Kier molecular flexibility index (Phi) is 7.43. The van der Waals surface area contributed by atoms with E-state index in [1.165, 1.54) is 0 Å². The van der Waals surface area contributed by atoms with E-state index >= 15 is 0 Å². The van der Waals surface area contributed by atoms with Gasteiger partial charge in [0.2, 0.25) is 5.79 Å². The van der Waals surface area contributed by atoms with Crippen LogP contribution in [0.1, 0.15) is 0 Å². The van der Waals surface area contributed by atoms with Gasteiger partial charge in [-0.3, -0.25) is 0 Å². The van der Waals surface area contributed by atoms with Gasteiger partial charge in [0.05, 0.1) is 13.2 Å². The third-order valence-corrected chi connectivity index (χ3v) is 4.03. The van der Waals surface area contributed by atoms with Gasteiger partial charge < -0.3 is 60.9 Å². The van der Waals surface area contributed by atoms with Gasteiger partial charge in [-0.05, 0) is 0 Å². The SMILES string of the molecule is OC[C@H](O)[C@@H](O)[C@@H](O)[C@H](O)C(O)C1(O)O[C@H](CO)[C@@H](O)[C@H](O)[C@H]1O. The average Bonchev–Trinajstić information content (AvgIpc) is 2.59. The van der Waals surface area contributed by atoms with Crippen LogP contribution in [0.2, 0.25) is 0 Å². The predicted octanol–water partition coefficient (Wildman–Crippen LogP) is -7.05. The van der Waals surface area contributed by atoms with Crippen molar-refractivity contribution in [3.63, 3.8) is 0 Å². The van der Waals surface area contributed by atoms with Crippen LogP contribution in [0.3, 0.4) is 0 Å². The second-order valence-electron chi connectivity index (χ2n) is 5.68. The van der Waals surface area contributed by atoms with Gasteiger partial charge in [0, 0.05) is 0 Å². The molecule has 0 amide bonds. The van der Waals surface area contributed by atoms with Gasteiger partial charge in [-0.15, -0.1) is 0 Å². The molecule has 0 radical (unpaired) electrons. The Hall–Kier alpha value is -0.480. The molecule has 10 atom stereocenters. The van der Waals surface area contributed by atoms with Crippen LogP contribution in [0.25, 0.3) is 0 Å². The van der Waals surface area contributed by atoms with E-state index in [9.17, 15) is 46.0 Å². The van der Waals surface area contributed by atoms with Crippen LogP contribution in [0.5, 0.6) is 0 Å². The van der Waals surface area contributed by atoms with Crippen LogP contribution in [0.4, 0.5) is 0 Å². The largest absolute Gasteiger partial charge is 0.394 e.